The number of benzene rings is 2. The highest BCUT2D eigenvalue weighted by atomic mass is 35.5. The molecule has 276 valence electrons. The number of fused-ring (bicyclic) bond motifs is 4. The van der Waals surface area contributed by atoms with Crippen LogP contribution in [0.2, 0.25) is 5.02 Å². The second-order valence-corrected chi connectivity index (χ2v) is 17.6. The molecule has 1 saturated carbocycles. The molecule has 0 unspecified atom stereocenters. The van der Waals surface area contributed by atoms with E-state index in [9.17, 15) is 18.0 Å². The number of rotatable bonds is 2. The average molecular weight is 741 g/mol. The van der Waals surface area contributed by atoms with E-state index >= 15 is 0 Å². The first-order valence-corrected chi connectivity index (χ1v) is 19.9. The Morgan fingerprint density at radius 3 is 2.71 bits per heavy atom. The van der Waals surface area contributed by atoms with Crippen molar-refractivity contribution in [1.82, 2.24) is 14.5 Å². The van der Waals surface area contributed by atoms with Crippen LogP contribution in [0.1, 0.15) is 57.1 Å². The molecule has 1 spiro atoms. The van der Waals surface area contributed by atoms with E-state index in [1.54, 1.807) is 49.9 Å². The van der Waals surface area contributed by atoms with Crippen LogP contribution in [0.5, 0.6) is 5.75 Å². The smallest absolute Gasteiger partial charge is 0.410 e. The molecule has 0 aromatic heterocycles. The molecule has 11 nitrogen and oxygen atoms in total. The van der Waals surface area contributed by atoms with Gasteiger partial charge in [-0.3, -0.25) is 9.69 Å². The van der Waals surface area contributed by atoms with Crippen molar-refractivity contribution >= 4 is 39.3 Å². The molecule has 1 N–H and O–H groups in total. The monoisotopic (exact) mass is 740 g/mol. The summed E-state index contributed by atoms with van der Waals surface area (Å²) in [4.78, 5) is 32.8. The maximum absolute atomic E-state index is 13.8. The number of nitrogens with zero attached hydrogens (tertiary/aromatic N) is 3. The number of carbonyl (C=O) groups is 2. The SMILES string of the molecule is CN(C(=O)O[C@H]1/C=C/CN(C)C(C)(C)C(=O)NS(=O)(=O)c2ccc3c(c2)N(C[C@@H]2CC[C@H]21)C[C@@]1(CCCc2cc(Cl)ccc21)CO3)[C@H]1CCOC1. The summed E-state index contributed by atoms with van der Waals surface area (Å²) in [5.41, 5.74) is 1.57. The first-order valence-electron chi connectivity index (χ1n) is 18.0. The molecular formula is C38H49ClN4O7S. The van der Waals surface area contributed by atoms with Gasteiger partial charge in [0.1, 0.15) is 11.9 Å². The molecule has 2 aliphatic carbocycles. The van der Waals surface area contributed by atoms with Crippen LogP contribution in [0.4, 0.5) is 10.5 Å². The zero-order valence-electron chi connectivity index (χ0n) is 29.9. The Labute approximate surface area is 306 Å². The number of hydrogen-bond acceptors (Lipinski definition) is 9. The van der Waals surface area contributed by atoms with Gasteiger partial charge in [0.25, 0.3) is 15.9 Å². The number of hydrogen-bond donors (Lipinski definition) is 1. The van der Waals surface area contributed by atoms with Gasteiger partial charge in [-0.25, -0.2) is 17.9 Å². The van der Waals surface area contributed by atoms with E-state index in [1.165, 1.54) is 17.2 Å². The summed E-state index contributed by atoms with van der Waals surface area (Å²) in [5, 5.41) is 0.706. The molecule has 1 saturated heterocycles. The summed E-state index contributed by atoms with van der Waals surface area (Å²) < 4.78 is 48.4. The second kappa shape index (κ2) is 13.9. The van der Waals surface area contributed by atoms with Crippen molar-refractivity contribution in [3.05, 3.63) is 64.7 Å². The van der Waals surface area contributed by atoms with Crippen molar-refractivity contribution in [2.75, 3.05) is 58.5 Å². The lowest BCUT2D eigenvalue weighted by Gasteiger charge is -2.46. The van der Waals surface area contributed by atoms with E-state index in [4.69, 9.17) is 25.8 Å². The van der Waals surface area contributed by atoms with Crippen molar-refractivity contribution < 1.29 is 32.2 Å². The predicted molar refractivity (Wildman–Crippen MR) is 195 cm³/mol. The minimum absolute atomic E-state index is 0.00341. The Balaban J connectivity index is 1.28. The molecule has 0 radical (unpaired) electrons. The Kier molecular flexibility index (Phi) is 9.83. The van der Waals surface area contributed by atoms with Crippen LogP contribution in [0, 0.1) is 11.8 Å². The van der Waals surface area contributed by atoms with Gasteiger partial charge < -0.3 is 24.0 Å². The number of aryl methyl sites for hydroxylation is 1. The minimum Gasteiger partial charge on any atom is -0.490 e. The first-order chi connectivity index (χ1) is 24.3. The summed E-state index contributed by atoms with van der Waals surface area (Å²) >= 11 is 6.45. The maximum Gasteiger partial charge on any atom is 0.410 e. The van der Waals surface area contributed by atoms with E-state index in [1.807, 2.05) is 18.2 Å². The zero-order chi connectivity index (χ0) is 36.1. The molecule has 3 heterocycles. The second-order valence-electron chi connectivity index (χ2n) is 15.5. The molecule has 2 bridgehead atoms. The lowest BCUT2D eigenvalue weighted by molar-refractivity contribution is -0.128. The fraction of sp³-hybridized carbons (Fsp3) is 0.579. The van der Waals surface area contributed by atoms with E-state index < -0.39 is 27.6 Å². The minimum atomic E-state index is -4.21. The molecule has 2 amide bonds. The van der Waals surface area contributed by atoms with E-state index in [2.05, 4.69) is 21.8 Å². The van der Waals surface area contributed by atoms with Crippen LogP contribution in [-0.4, -0.2) is 101 Å². The quantitative estimate of drug-likeness (QED) is 0.418. The lowest BCUT2D eigenvalue weighted by Crippen LogP contribution is -2.54. The molecule has 5 aliphatic rings. The third kappa shape index (κ3) is 6.96. The number of amides is 2. The number of nitrogens with one attached hydrogen (secondary N) is 1. The van der Waals surface area contributed by atoms with Crippen LogP contribution in [-0.2, 0) is 36.1 Å². The van der Waals surface area contributed by atoms with Gasteiger partial charge in [-0.15, -0.1) is 0 Å². The zero-order valence-corrected chi connectivity index (χ0v) is 31.5. The van der Waals surface area contributed by atoms with Gasteiger partial charge in [0.15, 0.2) is 0 Å². The van der Waals surface area contributed by atoms with E-state index in [0.717, 1.165) is 38.5 Å². The summed E-state index contributed by atoms with van der Waals surface area (Å²) in [6.07, 6.45) is 8.40. The number of halogens is 1. The Hall–Kier alpha value is -3.32. The number of anilines is 1. The highest BCUT2D eigenvalue weighted by molar-refractivity contribution is 7.90. The number of sulfonamides is 1. The van der Waals surface area contributed by atoms with Crippen molar-refractivity contribution in [2.45, 2.75) is 80.4 Å². The topological polar surface area (TPSA) is 118 Å². The fourth-order valence-corrected chi connectivity index (χ4v) is 9.62. The normalized spacial score (nSPS) is 30.8. The molecule has 5 atom stereocenters. The molecular weight excluding hydrogens is 692 g/mol. The molecule has 3 aliphatic heterocycles. The number of carbonyl (C=O) groups excluding carboxylic acids is 2. The largest absolute Gasteiger partial charge is 0.490 e. The molecule has 7 rings (SSSR count). The predicted octanol–water partition coefficient (Wildman–Crippen LogP) is 5.15. The van der Waals surface area contributed by atoms with Gasteiger partial charge in [0, 0.05) is 49.6 Å². The van der Waals surface area contributed by atoms with E-state index in [-0.39, 0.29) is 34.3 Å². The summed E-state index contributed by atoms with van der Waals surface area (Å²) in [6.45, 7) is 6.48. The first kappa shape index (κ1) is 36.1. The summed E-state index contributed by atoms with van der Waals surface area (Å²) in [5.74, 6) is 0.151. The summed E-state index contributed by atoms with van der Waals surface area (Å²) in [7, 11) is -0.678. The van der Waals surface area contributed by atoms with Crippen molar-refractivity contribution in [1.29, 1.82) is 0 Å². The Bertz CT molecular complexity index is 1810. The van der Waals surface area contributed by atoms with Crippen molar-refractivity contribution in [3.63, 3.8) is 0 Å². The Morgan fingerprint density at radius 2 is 1.96 bits per heavy atom. The third-order valence-electron chi connectivity index (χ3n) is 12.1. The third-order valence-corrected chi connectivity index (χ3v) is 13.7. The average Bonchev–Trinajstić information content (AvgIpc) is 3.57. The van der Waals surface area contributed by atoms with Crippen molar-refractivity contribution in [2.24, 2.45) is 11.8 Å². The van der Waals surface area contributed by atoms with Gasteiger partial charge in [-0.05, 0) is 113 Å². The fourth-order valence-electron chi connectivity index (χ4n) is 8.30. The van der Waals surface area contributed by atoms with Gasteiger partial charge >= 0.3 is 6.09 Å². The molecule has 2 fully saturated rings. The van der Waals surface area contributed by atoms with Gasteiger partial charge in [0.05, 0.1) is 35.4 Å². The number of likely N-dealkylation sites (N-methyl/N-ethyl adjacent to an activating group) is 2. The summed E-state index contributed by atoms with van der Waals surface area (Å²) in [6, 6.07) is 10.9. The van der Waals surface area contributed by atoms with Crippen LogP contribution in [0.25, 0.3) is 0 Å². The van der Waals surface area contributed by atoms with E-state index in [0.29, 0.717) is 55.9 Å². The molecule has 2 aromatic rings. The van der Waals surface area contributed by atoms with Gasteiger partial charge in [-0.1, -0.05) is 23.7 Å². The van der Waals surface area contributed by atoms with Gasteiger partial charge in [-0.2, -0.15) is 0 Å². The van der Waals surface area contributed by atoms with Crippen LogP contribution in [0.3, 0.4) is 0 Å². The maximum atomic E-state index is 13.8. The van der Waals surface area contributed by atoms with Crippen LogP contribution >= 0.6 is 11.6 Å². The van der Waals surface area contributed by atoms with Gasteiger partial charge in [0.2, 0.25) is 0 Å². The molecule has 2 aromatic carbocycles. The standard InChI is InChI=1S/C38H49ClN4O7S/c1-37(2)35(44)40-51(46,47)29-11-14-34-32(20-29)43(23-38(24-49-34)16-5-7-25-19-27(39)10-13-31(25)38)21-26-9-12-30(26)33(8-6-17-41(37)3)50-36(45)42(4)28-15-18-48-22-28/h6,8,10-11,13-14,19-20,26,28,30,33H,5,7,9,12,15-18,21-24H2,1-4H3,(H,40,44)/b8-6+/t26-,28-,30+,33-,38-/m0/s1. The van der Waals surface area contributed by atoms with Crippen molar-refractivity contribution in [3.8, 4) is 5.75 Å². The molecule has 13 heteroatoms. The molecule has 51 heavy (non-hydrogen) atoms. The van der Waals surface area contributed by atoms with Crippen LogP contribution < -0.4 is 14.4 Å². The highest BCUT2D eigenvalue weighted by Crippen LogP contribution is 2.47. The Morgan fingerprint density at radius 1 is 1.14 bits per heavy atom. The van der Waals surface area contributed by atoms with Crippen LogP contribution in [0.15, 0.2) is 53.4 Å². The lowest BCUT2D eigenvalue weighted by atomic mass is 9.68. The number of ether oxygens (including phenoxy) is 3. The highest BCUT2D eigenvalue weighted by Gasteiger charge is 2.46.